The highest BCUT2D eigenvalue weighted by Gasteiger charge is 2.25. The van der Waals surface area contributed by atoms with E-state index in [1.165, 1.54) is 16.3 Å². The van der Waals surface area contributed by atoms with Crippen LogP contribution in [-0.4, -0.2) is 29.9 Å². The number of hydrogen-bond acceptors (Lipinski definition) is 3. The van der Waals surface area contributed by atoms with Crippen LogP contribution >= 0.6 is 0 Å². The van der Waals surface area contributed by atoms with Crippen LogP contribution in [0.25, 0.3) is 10.8 Å². The van der Waals surface area contributed by atoms with Crippen LogP contribution in [0.15, 0.2) is 42.5 Å². The van der Waals surface area contributed by atoms with E-state index in [-0.39, 0.29) is 18.6 Å². The SMILES string of the molecule is CC(c1cccc2ccccc12)N1CCC(CO)CO1. The fraction of sp³-hybridized carbons (Fsp3) is 0.412. The van der Waals surface area contributed by atoms with Gasteiger partial charge in [-0.3, -0.25) is 4.84 Å². The Labute approximate surface area is 119 Å². The molecule has 1 aliphatic heterocycles. The van der Waals surface area contributed by atoms with E-state index in [9.17, 15) is 5.11 Å². The second-order valence-electron chi connectivity index (χ2n) is 5.52. The van der Waals surface area contributed by atoms with Crippen molar-refractivity contribution in [3.05, 3.63) is 48.0 Å². The van der Waals surface area contributed by atoms with E-state index in [2.05, 4.69) is 49.4 Å². The van der Waals surface area contributed by atoms with Crippen LogP contribution in [0.5, 0.6) is 0 Å². The van der Waals surface area contributed by atoms with Crippen molar-refractivity contribution in [2.24, 2.45) is 5.92 Å². The molecule has 0 aromatic heterocycles. The summed E-state index contributed by atoms with van der Waals surface area (Å²) >= 11 is 0. The topological polar surface area (TPSA) is 32.7 Å². The smallest absolute Gasteiger partial charge is 0.0735 e. The largest absolute Gasteiger partial charge is 0.396 e. The Kier molecular flexibility index (Phi) is 4.01. The first kappa shape index (κ1) is 13.6. The van der Waals surface area contributed by atoms with E-state index in [0.717, 1.165) is 13.0 Å². The van der Waals surface area contributed by atoms with Crippen molar-refractivity contribution in [3.8, 4) is 0 Å². The average Bonchev–Trinajstić information content (AvgIpc) is 2.54. The van der Waals surface area contributed by atoms with Gasteiger partial charge in [-0.15, -0.1) is 0 Å². The molecule has 3 nitrogen and oxygen atoms in total. The monoisotopic (exact) mass is 271 g/mol. The summed E-state index contributed by atoms with van der Waals surface area (Å²) in [7, 11) is 0. The molecular weight excluding hydrogens is 250 g/mol. The number of rotatable bonds is 3. The molecule has 1 aliphatic rings. The molecule has 3 rings (SSSR count). The van der Waals surface area contributed by atoms with Crippen molar-refractivity contribution in [1.29, 1.82) is 0 Å². The molecule has 1 saturated heterocycles. The molecule has 0 aliphatic carbocycles. The van der Waals surface area contributed by atoms with Crippen LogP contribution in [0, 0.1) is 5.92 Å². The molecule has 3 heteroatoms. The Morgan fingerprint density at radius 1 is 1.25 bits per heavy atom. The third kappa shape index (κ3) is 2.57. The molecule has 106 valence electrons. The molecule has 2 aromatic rings. The fourth-order valence-corrected chi connectivity index (χ4v) is 2.88. The lowest BCUT2D eigenvalue weighted by Crippen LogP contribution is -2.37. The Bertz CT molecular complexity index is 571. The Hall–Kier alpha value is -1.42. The highest BCUT2D eigenvalue weighted by atomic mass is 16.7. The molecule has 0 saturated carbocycles. The van der Waals surface area contributed by atoms with Gasteiger partial charge >= 0.3 is 0 Å². The van der Waals surface area contributed by atoms with Crippen LogP contribution in [-0.2, 0) is 4.84 Å². The van der Waals surface area contributed by atoms with Crippen LogP contribution in [0.1, 0.15) is 24.9 Å². The van der Waals surface area contributed by atoms with E-state index in [1.807, 2.05) is 5.06 Å². The number of hydrogen-bond donors (Lipinski definition) is 1. The maximum Gasteiger partial charge on any atom is 0.0735 e. The van der Waals surface area contributed by atoms with Gasteiger partial charge in [0.2, 0.25) is 0 Å². The van der Waals surface area contributed by atoms with Crippen molar-refractivity contribution < 1.29 is 9.94 Å². The Morgan fingerprint density at radius 3 is 2.80 bits per heavy atom. The number of hydroxylamine groups is 2. The lowest BCUT2D eigenvalue weighted by molar-refractivity contribution is -0.222. The van der Waals surface area contributed by atoms with E-state index < -0.39 is 0 Å². The van der Waals surface area contributed by atoms with Gasteiger partial charge in [0.05, 0.1) is 12.6 Å². The molecule has 2 aromatic carbocycles. The predicted octanol–water partition coefficient (Wildman–Crippen LogP) is 3.15. The van der Waals surface area contributed by atoms with Crippen molar-refractivity contribution in [2.75, 3.05) is 19.8 Å². The number of benzene rings is 2. The first-order valence-electron chi connectivity index (χ1n) is 7.27. The number of aliphatic hydroxyl groups is 1. The summed E-state index contributed by atoms with van der Waals surface area (Å²) in [5.74, 6) is 0.283. The third-order valence-corrected chi connectivity index (χ3v) is 4.20. The van der Waals surface area contributed by atoms with Crippen molar-refractivity contribution in [2.45, 2.75) is 19.4 Å². The highest BCUT2D eigenvalue weighted by molar-refractivity contribution is 5.86. The van der Waals surface area contributed by atoms with E-state index in [4.69, 9.17) is 4.84 Å². The van der Waals surface area contributed by atoms with Gasteiger partial charge in [-0.05, 0) is 29.7 Å². The maximum absolute atomic E-state index is 9.18. The van der Waals surface area contributed by atoms with Gasteiger partial charge in [-0.2, -0.15) is 5.06 Å². The van der Waals surface area contributed by atoms with Crippen molar-refractivity contribution in [3.63, 3.8) is 0 Å². The van der Waals surface area contributed by atoms with E-state index in [0.29, 0.717) is 6.61 Å². The maximum atomic E-state index is 9.18. The summed E-state index contributed by atoms with van der Waals surface area (Å²) < 4.78 is 0. The van der Waals surface area contributed by atoms with Gasteiger partial charge in [-0.25, -0.2) is 0 Å². The standard InChI is InChI=1S/C17H21NO2/c1-13(18-10-9-14(11-19)12-20-18)16-8-4-6-15-5-2-3-7-17(15)16/h2-8,13-14,19H,9-12H2,1H3. The minimum absolute atomic E-state index is 0.219. The van der Waals surface area contributed by atoms with Gasteiger partial charge in [0.1, 0.15) is 0 Å². The summed E-state index contributed by atoms with van der Waals surface area (Å²) in [6, 6.07) is 15.1. The summed E-state index contributed by atoms with van der Waals surface area (Å²) in [5, 5.41) is 13.8. The highest BCUT2D eigenvalue weighted by Crippen LogP contribution is 2.30. The molecule has 0 bridgehead atoms. The predicted molar refractivity (Wildman–Crippen MR) is 80.2 cm³/mol. The molecule has 0 radical (unpaired) electrons. The van der Waals surface area contributed by atoms with Gasteiger partial charge in [-0.1, -0.05) is 42.5 Å². The second kappa shape index (κ2) is 5.92. The van der Waals surface area contributed by atoms with Crippen LogP contribution in [0.2, 0.25) is 0 Å². The normalized spacial score (nSPS) is 22.0. The molecule has 2 atom stereocenters. The van der Waals surface area contributed by atoms with Crippen molar-refractivity contribution in [1.82, 2.24) is 5.06 Å². The first-order chi connectivity index (χ1) is 9.79. The molecular formula is C17H21NO2. The number of aliphatic hydroxyl groups excluding tert-OH is 1. The molecule has 0 spiro atoms. The van der Waals surface area contributed by atoms with E-state index in [1.54, 1.807) is 0 Å². The zero-order valence-electron chi connectivity index (χ0n) is 11.8. The Balaban J connectivity index is 1.84. The molecule has 1 fully saturated rings. The number of nitrogens with zero attached hydrogens (tertiary/aromatic N) is 1. The number of fused-ring (bicyclic) bond motifs is 1. The van der Waals surface area contributed by atoms with Crippen LogP contribution in [0.3, 0.4) is 0 Å². The van der Waals surface area contributed by atoms with Gasteiger partial charge < -0.3 is 5.11 Å². The molecule has 1 N–H and O–H groups in total. The lowest BCUT2D eigenvalue weighted by atomic mass is 9.98. The zero-order chi connectivity index (χ0) is 13.9. The minimum Gasteiger partial charge on any atom is -0.396 e. The summed E-state index contributed by atoms with van der Waals surface area (Å²) in [6.45, 7) is 3.89. The first-order valence-corrected chi connectivity index (χ1v) is 7.27. The van der Waals surface area contributed by atoms with Crippen molar-refractivity contribution >= 4 is 10.8 Å². The summed E-state index contributed by atoms with van der Waals surface area (Å²) in [6.07, 6.45) is 0.992. The van der Waals surface area contributed by atoms with Crippen LogP contribution in [0.4, 0.5) is 0 Å². The van der Waals surface area contributed by atoms with E-state index >= 15 is 0 Å². The average molecular weight is 271 g/mol. The molecule has 20 heavy (non-hydrogen) atoms. The molecule has 2 unspecified atom stereocenters. The fourth-order valence-electron chi connectivity index (χ4n) is 2.88. The summed E-state index contributed by atoms with van der Waals surface area (Å²) in [4.78, 5) is 5.82. The van der Waals surface area contributed by atoms with Gasteiger partial charge in [0.15, 0.2) is 0 Å². The molecule has 1 heterocycles. The molecule has 0 amide bonds. The Morgan fingerprint density at radius 2 is 2.05 bits per heavy atom. The van der Waals surface area contributed by atoms with Crippen LogP contribution < -0.4 is 0 Å². The summed E-state index contributed by atoms with van der Waals surface area (Å²) in [5.41, 5.74) is 1.30. The second-order valence-corrected chi connectivity index (χ2v) is 5.52. The lowest BCUT2D eigenvalue weighted by Gasteiger charge is -2.35. The third-order valence-electron chi connectivity index (χ3n) is 4.20. The minimum atomic E-state index is 0.219. The quantitative estimate of drug-likeness (QED) is 0.931. The van der Waals surface area contributed by atoms with Gasteiger partial charge in [0.25, 0.3) is 0 Å². The van der Waals surface area contributed by atoms with Gasteiger partial charge in [0, 0.05) is 19.1 Å². The zero-order valence-corrected chi connectivity index (χ0v) is 11.8.